The number of hydrogen-bond acceptors (Lipinski definition) is 0. The van der Waals surface area contributed by atoms with Crippen molar-refractivity contribution < 1.29 is 0 Å². The van der Waals surface area contributed by atoms with Gasteiger partial charge in [0, 0.05) is 10.3 Å². The topological polar surface area (TPSA) is 0 Å². The summed E-state index contributed by atoms with van der Waals surface area (Å²) in [7, 11) is -0.779. The lowest BCUT2D eigenvalue weighted by Crippen LogP contribution is -2.33. The molecule has 0 spiro atoms. The van der Waals surface area contributed by atoms with Crippen molar-refractivity contribution in [3.8, 4) is 0 Å². The van der Waals surface area contributed by atoms with Crippen molar-refractivity contribution in [1.82, 2.24) is 0 Å². The fourth-order valence-corrected chi connectivity index (χ4v) is 11.0. The van der Waals surface area contributed by atoms with Crippen LogP contribution in [0.25, 0.3) is 0 Å². The van der Waals surface area contributed by atoms with Crippen LogP contribution in [0.5, 0.6) is 0 Å². The molecule has 0 aliphatic carbocycles. The van der Waals surface area contributed by atoms with Gasteiger partial charge in [-0.15, -0.1) is 0 Å². The predicted molar refractivity (Wildman–Crippen MR) is 169 cm³/mol. The van der Waals surface area contributed by atoms with Crippen LogP contribution >= 0.6 is 7.92 Å². The van der Waals surface area contributed by atoms with Gasteiger partial charge in [-0.05, 0) is 76.0 Å². The molecule has 0 aromatic heterocycles. The van der Waals surface area contributed by atoms with E-state index in [2.05, 4.69) is 155 Å². The molecule has 0 unspecified atom stereocenters. The van der Waals surface area contributed by atoms with Crippen LogP contribution in [0, 0.1) is 27.7 Å². The first-order chi connectivity index (χ1) is 18.9. The SMILES string of the molecule is Cc1ccc(C2(c3ccc(C)cc3)CCC(c3ccc(C)cc3)(c3ccc(C)cc3)P2c2ccccc2)cc1. The summed E-state index contributed by atoms with van der Waals surface area (Å²) in [4.78, 5) is 0. The molecule has 1 heteroatoms. The molecule has 6 rings (SSSR count). The van der Waals surface area contributed by atoms with Gasteiger partial charge >= 0.3 is 0 Å². The molecule has 0 amide bonds. The average Bonchev–Trinajstić information content (AvgIpc) is 3.33. The van der Waals surface area contributed by atoms with Crippen LogP contribution < -0.4 is 5.30 Å². The summed E-state index contributed by atoms with van der Waals surface area (Å²) in [5.41, 5.74) is 11.0. The summed E-state index contributed by atoms with van der Waals surface area (Å²) in [6.07, 6.45) is 2.20. The second kappa shape index (κ2) is 10.3. The van der Waals surface area contributed by atoms with Gasteiger partial charge in [0.2, 0.25) is 0 Å². The number of rotatable bonds is 5. The highest BCUT2D eigenvalue weighted by Gasteiger charge is 2.60. The van der Waals surface area contributed by atoms with Gasteiger partial charge in [-0.1, -0.05) is 150 Å². The quantitative estimate of drug-likeness (QED) is 0.201. The van der Waals surface area contributed by atoms with Gasteiger partial charge in [0.1, 0.15) is 0 Å². The first kappa shape index (κ1) is 25.8. The largest absolute Gasteiger partial charge is 0.0622 e. The molecule has 1 aliphatic rings. The zero-order valence-electron chi connectivity index (χ0n) is 23.5. The Morgan fingerprint density at radius 3 is 0.949 bits per heavy atom. The maximum atomic E-state index is 2.41. The van der Waals surface area contributed by atoms with Crippen molar-refractivity contribution in [2.45, 2.75) is 50.8 Å². The van der Waals surface area contributed by atoms with Gasteiger partial charge in [-0.2, -0.15) is 0 Å². The molecule has 0 N–H and O–H groups in total. The van der Waals surface area contributed by atoms with E-state index in [1.165, 1.54) is 49.8 Å². The number of hydrogen-bond donors (Lipinski definition) is 0. The Labute approximate surface area is 235 Å². The zero-order chi connectivity index (χ0) is 27.0. The Morgan fingerprint density at radius 1 is 0.385 bits per heavy atom. The van der Waals surface area contributed by atoms with E-state index in [1.54, 1.807) is 0 Å². The van der Waals surface area contributed by atoms with Crippen molar-refractivity contribution in [3.63, 3.8) is 0 Å². The summed E-state index contributed by atoms with van der Waals surface area (Å²) in [6.45, 7) is 8.78. The van der Waals surface area contributed by atoms with Gasteiger partial charge in [-0.25, -0.2) is 0 Å². The van der Waals surface area contributed by atoms with Crippen molar-refractivity contribution in [2.75, 3.05) is 0 Å². The molecule has 39 heavy (non-hydrogen) atoms. The lowest BCUT2D eigenvalue weighted by Gasteiger charge is -2.46. The summed E-state index contributed by atoms with van der Waals surface area (Å²) in [5, 5.41) is 1.23. The molecule has 1 fully saturated rings. The highest BCUT2D eigenvalue weighted by molar-refractivity contribution is 7.68. The highest BCUT2D eigenvalue weighted by Crippen LogP contribution is 2.79. The maximum Gasteiger partial charge on any atom is 0.0454 e. The number of aryl methyl sites for hydroxylation is 4. The summed E-state index contributed by atoms with van der Waals surface area (Å²) in [6, 6.07) is 49.2. The molecule has 0 radical (unpaired) electrons. The summed E-state index contributed by atoms with van der Waals surface area (Å²) in [5.74, 6) is 0. The molecular formula is C38H37P. The third-order valence-corrected chi connectivity index (χ3v) is 12.6. The Bertz CT molecular complexity index is 1350. The van der Waals surface area contributed by atoms with Crippen molar-refractivity contribution >= 4 is 13.2 Å². The fourth-order valence-electron chi connectivity index (χ4n) is 6.67. The van der Waals surface area contributed by atoms with Crippen molar-refractivity contribution in [3.05, 3.63) is 172 Å². The van der Waals surface area contributed by atoms with Gasteiger partial charge in [0.05, 0.1) is 0 Å². The summed E-state index contributed by atoms with van der Waals surface area (Å²) >= 11 is 0. The van der Waals surface area contributed by atoms with Crippen LogP contribution in [0.1, 0.15) is 57.3 Å². The van der Waals surface area contributed by atoms with E-state index in [0.29, 0.717) is 0 Å². The second-order valence-electron chi connectivity index (χ2n) is 11.4. The van der Waals surface area contributed by atoms with Crippen LogP contribution in [0.15, 0.2) is 127 Å². The van der Waals surface area contributed by atoms with E-state index in [1.807, 2.05) is 0 Å². The maximum absolute atomic E-state index is 2.41. The van der Waals surface area contributed by atoms with Crippen LogP contribution in [-0.4, -0.2) is 0 Å². The minimum Gasteiger partial charge on any atom is -0.0622 e. The van der Waals surface area contributed by atoms with Gasteiger partial charge in [0.15, 0.2) is 0 Å². The lowest BCUT2D eigenvalue weighted by molar-refractivity contribution is 0.609. The molecule has 5 aromatic carbocycles. The van der Waals surface area contributed by atoms with Crippen LogP contribution in [0.3, 0.4) is 0 Å². The second-order valence-corrected chi connectivity index (χ2v) is 14.1. The van der Waals surface area contributed by atoms with Gasteiger partial charge in [-0.3, -0.25) is 0 Å². The monoisotopic (exact) mass is 524 g/mol. The molecule has 1 saturated heterocycles. The molecule has 0 atom stereocenters. The van der Waals surface area contributed by atoms with Crippen LogP contribution in [0.2, 0.25) is 0 Å². The van der Waals surface area contributed by atoms with Crippen LogP contribution in [-0.2, 0) is 10.3 Å². The zero-order valence-corrected chi connectivity index (χ0v) is 24.4. The highest BCUT2D eigenvalue weighted by atomic mass is 31.1. The van der Waals surface area contributed by atoms with E-state index in [-0.39, 0.29) is 10.3 Å². The Balaban J connectivity index is 1.73. The van der Waals surface area contributed by atoms with E-state index in [0.717, 1.165) is 12.8 Å². The van der Waals surface area contributed by atoms with Crippen molar-refractivity contribution in [1.29, 1.82) is 0 Å². The van der Waals surface area contributed by atoms with E-state index in [4.69, 9.17) is 0 Å². The molecule has 1 heterocycles. The van der Waals surface area contributed by atoms with Crippen molar-refractivity contribution in [2.24, 2.45) is 0 Å². The van der Waals surface area contributed by atoms with E-state index >= 15 is 0 Å². The van der Waals surface area contributed by atoms with Gasteiger partial charge in [0.25, 0.3) is 0 Å². The smallest absolute Gasteiger partial charge is 0.0454 e. The lowest BCUT2D eigenvalue weighted by atomic mass is 9.80. The average molecular weight is 525 g/mol. The van der Waals surface area contributed by atoms with E-state index < -0.39 is 7.92 Å². The molecule has 1 aliphatic heterocycles. The third kappa shape index (κ3) is 4.36. The predicted octanol–water partition coefficient (Wildman–Crippen LogP) is 9.71. The minimum absolute atomic E-state index is 0.117. The first-order valence-corrected chi connectivity index (χ1v) is 15.4. The standard InChI is InChI=1S/C38H37P/c1-28-10-18-32(19-11-28)37(33-20-12-29(2)13-21-33)26-27-38(34-22-14-30(3)15-23-34,35-24-16-31(4)17-25-35)39(37)36-8-6-5-7-9-36/h5-25H,26-27H2,1-4H3. The first-order valence-electron chi connectivity index (χ1n) is 14.1. The molecule has 0 bridgehead atoms. The molecular weight excluding hydrogens is 487 g/mol. The minimum atomic E-state index is -0.779. The Hall–Kier alpha value is -3.47. The van der Waals surface area contributed by atoms with Gasteiger partial charge < -0.3 is 0 Å². The molecule has 194 valence electrons. The molecule has 5 aromatic rings. The normalized spacial score (nSPS) is 16.3. The molecule has 0 nitrogen and oxygen atoms in total. The molecule has 0 saturated carbocycles. The Morgan fingerprint density at radius 2 is 0.667 bits per heavy atom. The third-order valence-electron chi connectivity index (χ3n) is 8.74. The number of benzene rings is 5. The van der Waals surface area contributed by atoms with E-state index in [9.17, 15) is 0 Å². The summed E-state index contributed by atoms with van der Waals surface area (Å²) < 4.78 is 0. The Kier molecular flexibility index (Phi) is 6.78. The fraction of sp³-hybridized carbons (Fsp3) is 0.211. The van der Waals surface area contributed by atoms with Crippen LogP contribution in [0.4, 0.5) is 0 Å².